The Bertz CT molecular complexity index is 420. The number of amides is 2. The molecule has 138 valence electrons. The van der Waals surface area contributed by atoms with Crippen molar-refractivity contribution in [1.29, 1.82) is 0 Å². The van der Waals surface area contributed by atoms with Crippen LogP contribution in [0.2, 0.25) is 0 Å². The fourth-order valence-electron chi connectivity index (χ4n) is 4.02. The molecule has 4 nitrogen and oxygen atoms in total. The average Bonchev–Trinajstić information content (AvgIpc) is 2.53. The third-order valence-corrected chi connectivity index (χ3v) is 5.59. The van der Waals surface area contributed by atoms with Crippen molar-refractivity contribution < 1.29 is 9.59 Å². The lowest BCUT2D eigenvalue weighted by molar-refractivity contribution is -0.133. The van der Waals surface area contributed by atoms with Crippen molar-refractivity contribution in [2.75, 3.05) is 0 Å². The van der Waals surface area contributed by atoms with E-state index in [9.17, 15) is 9.59 Å². The highest BCUT2D eigenvalue weighted by atomic mass is 16.2. The number of rotatable bonds is 10. The molecule has 0 aliphatic heterocycles. The third-order valence-electron chi connectivity index (χ3n) is 5.59. The van der Waals surface area contributed by atoms with Gasteiger partial charge in [0.1, 0.15) is 0 Å². The number of nitrogens with two attached hydrogens (primary N) is 1. The van der Waals surface area contributed by atoms with Crippen LogP contribution in [0.25, 0.3) is 0 Å². The van der Waals surface area contributed by atoms with Gasteiger partial charge >= 0.3 is 0 Å². The number of carbonyl (C=O) groups is 2. The SMILES string of the molecule is C=NC(=O)C1CCC(CCCC(C)CCCC(C)C)CC1C(N)=O. The van der Waals surface area contributed by atoms with Crippen LogP contribution in [0, 0.1) is 29.6 Å². The quantitative estimate of drug-likeness (QED) is 0.602. The molecule has 1 fully saturated rings. The maximum atomic E-state index is 11.8. The Hall–Kier alpha value is -1.19. The average molecular weight is 337 g/mol. The van der Waals surface area contributed by atoms with E-state index in [1.165, 1.54) is 32.1 Å². The van der Waals surface area contributed by atoms with Gasteiger partial charge in [0.2, 0.25) is 11.8 Å². The smallest absolute Gasteiger partial charge is 0.248 e. The van der Waals surface area contributed by atoms with Gasteiger partial charge in [0.05, 0.1) is 5.92 Å². The summed E-state index contributed by atoms with van der Waals surface area (Å²) >= 11 is 0. The number of nitrogens with zero attached hydrogens (tertiary/aromatic N) is 1. The van der Waals surface area contributed by atoms with Crippen molar-refractivity contribution in [2.45, 2.75) is 78.6 Å². The van der Waals surface area contributed by atoms with Crippen LogP contribution >= 0.6 is 0 Å². The first-order valence-corrected chi connectivity index (χ1v) is 9.65. The van der Waals surface area contributed by atoms with E-state index in [0.29, 0.717) is 5.92 Å². The van der Waals surface area contributed by atoms with E-state index in [4.69, 9.17) is 5.73 Å². The molecule has 0 radical (unpaired) electrons. The van der Waals surface area contributed by atoms with Crippen LogP contribution in [-0.2, 0) is 9.59 Å². The Morgan fingerprint density at radius 3 is 2.33 bits per heavy atom. The molecule has 0 spiro atoms. The number of carbonyl (C=O) groups excluding carboxylic acids is 2. The van der Waals surface area contributed by atoms with Gasteiger partial charge in [-0.05, 0) is 43.7 Å². The molecule has 4 atom stereocenters. The molecule has 0 aromatic carbocycles. The van der Waals surface area contributed by atoms with Crippen LogP contribution in [0.3, 0.4) is 0 Å². The Labute approximate surface area is 147 Å². The molecular formula is C20H36N2O2. The van der Waals surface area contributed by atoms with Gasteiger partial charge in [-0.1, -0.05) is 59.3 Å². The molecule has 0 aromatic heterocycles. The van der Waals surface area contributed by atoms with Crippen molar-refractivity contribution in [3.05, 3.63) is 0 Å². The van der Waals surface area contributed by atoms with Gasteiger partial charge in [-0.25, -0.2) is 4.99 Å². The molecular weight excluding hydrogens is 300 g/mol. The molecule has 4 heteroatoms. The Morgan fingerprint density at radius 1 is 1.08 bits per heavy atom. The molecule has 0 heterocycles. The van der Waals surface area contributed by atoms with Crippen LogP contribution in [0.4, 0.5) is 0 Å². The lowest BCUT2D eigenvalue weighted by Gasteiger charge is -2.32. The van der Waals surface area contributed by atoms with E-state index in [1.807, 2.05) is 0 Å². The van der Waals surface area contributed by atoms with E-state index in [2.05, 4.69) is 32.5 Å². The van der Waals surface area contributed by atoms with E-state index in [-0.39, 0.29) is 23.7 Å². The number of hydrogen-bond acceptors (Lipinski definition) is 2. The highest BCUT2D eigenvalue weighted by molar-refractivity contribution is 5.89. The summed E-state index contributed by atoms with van der Waals surface area (Å²) in [5.41, 5.74) is 5.52. The van der Waals surface area contributed by atoms with Gasteiger partial charge in [-0.15, -0.1) is 0 Å². The molecule has 1 saturated carbocycles. The lowest BCUT2D eigenvalue weighted by Crippen LogP contribution is -2.38. The van der Waals surface area contributed by atoms with Gasteiger partial charge in [0, 0.05) is 5.92 Å². The highest BCUT2D eigenvalue weighted by Gasteiger charge is 2.37. The number of aliphatic imine (C=N–C) groups is 1. The normalized spacial score (nSPS) is 25.4. The topological polar surface area (TPSA) is 72.5 Å². The van der Waals surface area contributed by atoms with Crippen LogP contribution in [0.5, 0.6) is 0 Å². The van der Waals surface area contributed by atoms with Crippen molar-refractivity contribution in [2.24, 2.45) is 40.3 Å². The van der Waals surface area contributed by atoms with Crippen molar-refractivity contribution in [3.8, 4) is 0 Å². The van der Waals surface area contributed by atoms with Gasteiger partial charge in [-0.2, -0.15) is 0 Å². The predicted molar refractivity (Wildman–Crippen MR) is 99.8 cm³/mol. The lowest BCUT2D eigenvalue weighted by atomic mass is 9.71. The summed E-state index contributed by atoms with van der Waals surface area (Å²) in [5.74, 6) is 0.764. The minimum atomic E-state index is -0.358. The number of hydrogen-bond donors (Lipinski definition) is 1. The standard InChI is InChI=1S/C20H36N2O2/c1-14(2)7-5-8-15(3)9-6-10-16-11-12-17(20(24)22-4)18(13-16)19(21)23/h14-18H,4-13H2,1-3H3,(H2,21,23). The molecule has 2 N–H and O–H groups in total. The zero-order chi connectivity index (χ0) is 18.1. The second kappa shape index (κ2) is 10.6. The fraction of sp³-hybridized carbons (Fsp3) is 0.850. The van der Waals surface area contributed by atoms with Gasteiger partial charge in [0.15, 0.2) is 0 Å². The largest absolute Gasteiger partial charge is 0.369 e. The van der Waals surface area contributed by atoms with Crippen LogP contribution in [0.15, 0.2) is 4.99 Å². The van der Waals surface area contributed by atoms with Crippen LogP contribution < -0.4 is 5.73 Å². The van der Waals surface area contributed by atoms with Gasteiger partial charge < -0.3 is 5.73 Å². The van der Waals surface area contributed by atoms with E-state index < -0.39 is 0 Å². The first-order chi connectivity index (χ1) is 11.3. The first-order valence-electron chi connectivity index (χ1n) is 9.65. The molecule has 24 heavy (non-hydrogen) atoms. The molecule has 1 rings (SSSR count). The summed E-state index contributed by atoms with van der Waals surface area (Å²) in [5, 5.41) is 0. The van der Waals surface area contributed by atoms with Gasteiger partial charge in [0.25, 0.3) is 0 Å². The highest BCUT2D eigenvalue weighted by Crippen LogP contribution is 2.37. The summed E-state index contributed by atoms with van der Waals surface area (Å²) in [6.45, 7) is 10.2. The van der Waals surface area contributed by atoms with Crippen LogP contribution in [-0.4, -0.2) is 18.5 Å². The van der Waals surface area contributed by atoms with E-state index in [1.54, 1.807) is 0 Å². The molecule has 0 aromatic rings. The summed E-state index contributed by atoms with van der Waals surface area (Å²) in [7, 11) is 0. The second-order valence-electron chi connectivity index (χ2n) is 8.15. The second-order valence-corrected chi connectivity index (χ2v) is 8.15. The molecule has 0 bridgehead atoms. The maximum absolute atomic E-state index is 11.8. The molecule has 1 aliphatic rings. The minimum absolute atomic E-state index is 0.268. The Balaban J connectivity index is 2.33. The van der Waals surface area contributed by atoms with E-state index >= 15 is 0 Å². The monoisotopic (exact) mass is 336 g/mol. The van der Waals surface area contributed by atoms with Crippen molar-refractivity contribution >= 4 is 18.5 Å². The molecule has 2 amide bonds. The Kier molecular flexibility index (Phi) is 9.24. The van der Waals surface area contributed by atoms with E-state index in [0.717, 1.165) is 37.5 Å². The first kappa shape index (κ1) is 20.9. The van der Waals surface area contributed by atoms with Crippen LogP contribution in [0.1, 0.15) is 78.6 Å². The summed E-state index contributed by atoms with van der Waals surface area (Å²) in [6.07, 6.45) is 10.0. The molecule has 0 saturated heterocycles. The molecule has 4 unspecified atom stereocenters. The summed E-state index contributed by atoms with van der Waals surface area (Å²) < 4.78 is 0. The summed E-state index contributed by atoms with van der Waals surface area (Å²) in [4.78, 5) is 27.0. The molecule has 1 aliphatic carbocycles. The zero-order valence-electron chi connectivity index (χ0n) is 15.8. The Morgan fingerprint density at radius 2 is 1.75 bits per heavy atom. The third kappa shape index (κ3) is 7.14. The maximum Gasteiger partial charge on any atom is 0.248 e. The number of primary amides is 1. The van der Waals surface area contributed by atoms with Gasteiger partial charge in [-0.3, -0.25) is 9.59 Å². The predicted octanol–water partition coefficient (Wildman–Crippen LogP) is 4.36. The van der Waals surface area contributed by atoms with Crippen molar-refractivity contribution in [1.82, 2.24) is 0 Å². The fourth-order valence-corrected chi connectivity index (χ4v) is 4.02. The van der Waals surface area contributed by atoms with Crippen molar-refractivity contribution in [3.63, 3.8) is 0 Å². The zero-order valence-corrected chi connectivity index (χ0v) is 15.8. The minimum Gasteiger partial charge on any atom is -0.369 e. The summed E-state index contributed by atoms with van der Waals surface area (Å²) in [6, 6.07) is 0.